The molecule has 0 aliphatic rings. The van der Waals surface area contributed by atoms with E-state index in [1.165, 1.54) is 11.8 Å². The summed E-state index contributed by atoms with van der Waals surface area (Å²) in [6.45, 7) is 4.22. The number of hydrogen-bond donors (Lipinski definition) is 2. The van der Waals surface area contributed by atoms with Crippen molar-refractivity contribution in [2.45, 2.75) is 24.3 Å². The van der Waals surface area contributed by atoms with Crippen LogP contribution in [0.4, 0.5) is 0 Å². The molecule has 0 aromatic heterocycles. The Balaban J connectivity index is 2.06. The van der Waals surface area contributed by atoms with Crippen molar-refractivity contribution in [1.29, 1.82) is 0 Å². The molecule has 112 valence electrons. The fourth-order valence-electron chi connectivity index (χ4n) is 1.90. The Morgan fingerprint density at radius 3 is 2.62 bits per heavy atom. The highest BCUT2D eigenvalue weighted by molar-refractivity contribution is 8.00. The molecule has 0 unspecified atom stereocenters. The molecule has 3 nitrogen and oxygen atoms in total. The Bertz CT molecular complexity index is 647. The first-order valence-corrected chi connectivity index (χ1v) is 8.09. The summed E-state index contributed by atoms with van der Waals surface area (Å²) in [4.78, 5) is 12.9. The zero-order chi connectivity index (χ0) is 15.5. The van der Waals surface area contributed by atoms with E-state index in [4.69, 9.17) is 17.3 Å². The summed E-state index contributed by atoms with van der Waals surface area (Å²) < 4.78 is 0. The van der Waals surface area contributed by atoms with Crippen LogP contribution in [0, 0.1) is 0 Å². The lowest BCUT2D eigenvalue weighted by Crippen LogP contribution is -2.45. The molecule has 0 aliphatic carbocycles. The number of nitrogens with one attached hydrogen (secondary N) is 1. The van der Waals surface area contributed by atoms with Crippen molar-refractivity contribution >= 4 is 40.0 Å². The second-order valence-corrected chi connectivity index (χ2v) is 7.07. The van der Waals surface area contributed by atoms with Crippen LogP contribution in [-0.2, 0) is 4.79 Å². The summed E-state index contributed by atoms with van der Waals surface area (Å²) in [6, 6.07) is 11.8. The minimum absolute atomic E-state index is 0.0254. The highest BCUT2D eigenvalue weighted by atomic mass is 35.5. The van der Waals surface area contributed by atoms with E-state index in [2.05, 4.69) is 5.32 Å². The molecule has 1 amide bonds. The van der Waals surface area contributed by atoms with Gasteiger partial charge in [-0.2, -0.15) is 0 Å². The van der Waals surface area contributed by atoms with E-state index >= 15 is 0 Å². The molecule has 0 heterocycles. The maximum Gasteiger partial charge on any atom is 0.230 e. The van der Waals surface area contributed by atoms with E-state index in [0.717, 1.165) is 15.7 Å². The van der Waals surface area contributed by atoms with Crippen molar-refractivity contribution in [2.75, 3.05) is 12.3 Å². The van der Waals surface area contributed by atoms with Crippen molar-refractivity contribution in [3.63, 3.8) is 0 Å². The van der Waals surface area contributed by atoms with Gasteiger partial charge in [-0.15, -0.1) is 11.8 Å². The number of amides is 1. The number of nitrogens with two attached hydrogens (primary N) is 1. The first-order valence-electron chi connectivity index (χ1n) is 6.72. The van der Waals surface area contributed by atoms with Gasteiger partial charge in [0.15, 0.2) is 0 Å². The highest BCUT2D eigenvalue weighted by Gasteiger charge is 2.13. The number of rotatable bonds is 5. The maximum absolute atomic E-state index is 11.9. The average Bonchev–Trinajstić information content (AvgIpc) is 2.42. The number of fused-ring (bicyclic) bond motifs is 1. The van der Waals surface area contributed by atoms with E-state index < -0.39 is 5.54 Å². The molecular formula is C16H19ClN2OS. The zero-order valence-corrected chi connectivity index (χ0v) is 13.7. The molecule has 0 saturated carbocycles. The molecule has 0 radical (unpaired) electrons. The fraction of sp³-hybridized carbons (Fsp3) is 0.312. The first kappa shape index (κ1) is 16.1. The Hall–Kier alpha value is -1.23. The van der Waals surface area contributed by atoms with E-state index in [1.807, 2.05) is 50.2 Å². The molecule has 21 heavy (non-hydrogen) atoms. The van der Waals surface area contributed by atoms with E-state index in [-0.39, 0.29) is 5.91 Å². The molecule has 2 aromatic rings. The van der Waals surface area contributed by atoms with E-state index in [0.29, 0.717) is 17.3 Å². The predicted molar refractivity (Wildman–Crippen MR) is 91.0 cm³/mol. The van der Waals surface area contributed by atoms with Crippen molar-refractivity contribution in [3.8, 4) is 0 Å². The Morgan fingerprint density at radius 2 is 1.95 bits per heavy atom. The van der Waals surface area contributed by atoms with Crippen molar-refractivity contribution in [3.05, 3.63) is 41.4 Å². The Morgan fingerprint density at radius 1 is 1.29 bits per heavy atom. The predicted octanol–water partition coefficient (Wildman–Crippen LogP) is 3.44. The topological polar surface area (TPSA) is 55.1 Å². The quantitative estimate of drug-likeness (QED) is 0.829. The van der Waals surface area contributed by atoms with Crippen LogP contribution in [0.2, 0.25) is 5.02 Å². The van der Waals surface area contributed by atoms with Crippen molar-refractivity contribution < 1.29 is 4.79 Å². The number of halogens is 1. The van der Waals surface area contributed by atoms with Gasteiger partial charge in [0, 0.05) is 27.4 Å². The minimum atomic E-state index is -0.400. The fourth-order valence-corrected chi connectivity index (χ4v) is 3.18. The van der Waals surface area contributed by atoms with Crippen molar-refractivity contribution in [2.24, 2.45) is 5.73 Å². The molecule has 5 heteroatoms. The molecule has 0 saturated heterocycles. The molecule has 0 atom stereocenters. The van der Waals surface area contributed by atoms with Gasteiger partial charge in [0.05, 0.1) is 5.75 Å². The summed E-state index contributed by atoms with van der Waals surface area (Å²) in [6.07, 6.45) is 0. The van der Waals surface area contributed by atoms with Crippen molar-refractivity contribution in [1.82, 2.24) is 5.32 Å². The lowest BCUT2D eigenvalue weighted by molar-refractivity contribution is -0.118. The number of benzene rings is 2. The molecule has 3 N–H and O–H groups in total. The maximum atomic E-state index is 11.9. The number of thioether (sulfide) groups is 1. The van der Waals surface area contributed by atoms with Gasteiger partial charge in [0.2, 0.25) is 5.91 Å². The zero-order valence-electron chi connectivity index (χ0n) is 12.2. The van der Waals surface area contributed by atoms with Gasteiger partial charge in [0.1, 0.15) is 0 Å². The van der Waals surface area contributed by atoms with Gasteiger partial charge in [-0.1, -0.05) is 35.9 Å². The van der Waals surface area contributed by atoms with Gasteiger partial charge < -0.3 is 11.1 Å². The average molecular weight is 323 g/mol. The molecule has 0 fully saturated rings. The molecule has 0 aliphatic heterocycles. The van der Waals surface area contributed by atoms with Gasteiger partial charge in [0.25, 0.3) is 0 Å². The van der Waals surface area contributed by atoms with Crippen LogP contribution in [0.3, 0.4) is 0 Å². The largest absolute Gasteiger partial charge is 0.354 e. The van der Waals surface area contributed by atoms with Gasteiger partial charge in [-0.25, -0.2) is 0 Å². The minimum Gasteiger partial charge on any atom is -0.354 e. The monoisotopic (exact) mass is 322 g/mol. The summed E-state index contributed by atoms with van der Waals surface area (Å²) in [5, 5.41) is 5.62. The van der Waals surface area contributed by atoms with E-state index in [1.54, 1.807) is 0 Å². The molecule has 0 spiro atoms. The third kappa shape index (κ3) is 4.63. The van der Waals surface area contributed by atoms with Crippen LogP contribution < -0.4 is 11.1 Å². The molecular weight excluding hydrogens is 304 g/mol. The van der Waals surface area contributed by atoms with Crippen LogP contribution in [0.5, 0.6) is 0 Å². The number of hydrogen-bond acceptors (Lipinski definition) is 3. The van der Waals surface area contributed by atoms with Crippen LogP contribution in [0.25, 0.3) is 10.8 Å². The second kappa shape index (κ2) is 6.69. The first-order chi connectivity index (χ1) is 9.87. The summed E-state index contributed by atoms with van der Waals surface area (Å²) in [7, 11) is 0. The lowest BCUT2D eigenvalue weighted by Gasteiger charge is -2.18. The normalized spacial score (nSPS) is 11.6. The standard InChI is InChI=1S/C16H19ClN2OS/c1-16(2,18)10-19-14(20)9-21-13-8-4-6-11-5-3-7-12(17)15(11)13/h3-8H,9-10,18H2,1-2H3,(H,19,20). The molecule has 0 bridgehead atoms. The lowest BCUT2D eigenvalue weighted by atomic mass is 10.1. The van der Waals surface area contributed by atoms with Gasteiger partial charge >= 0.3 is 0 Å². The van der Waals surface area contributed by atoms with Gasteiger partial charge in [-0.05, 0) is 31.4 Å². The van der Waals surface area contributed by atoms with Crippen LogP contribution >= 0.6 is 23.4 Å². The number of carbonyl (C=O) groups is 1. The summed E-state index contributed by atoms with van der Waals surface area (Å²) in [5.74, 6) is 0.322. The smallest absolute Gasteiger partial charge is 0.230 e. The highest BCUT2D eigenvalue weighted by Crippen LogP contribution is 2.32. The van der Waals surface area contributed by atoms with E-state index in [9.17, 15) is 4.79 Å². The Kier molecular flexibility index (Phi) is 5.14. The van der Waals surface area contributed by atoms with Gasteiger partial charge in [-0.3, -0.25) is 4.79 Å². The molecule has 2 aromatic carbocycles. The SMILES string of the molecule is CC(C)(N)CNC(=O)CSc1cccc2cccc(Cl)c12. The molecule has 2 rings (SSSR count). The van der Waals surface area contributed by atoms with Crippen LogP contribution in [0.15, 0.2) is 41.3 Å². The summed E-state index contributed by atoms with van der Waals surface area (Å²) >= 11 is 7.75. The third-order valence-corrected chi connectivity index (χ3v) is 4.29. The summed E-state index contributed by atoms with van der Waals surface area (Å²) in [5.41, 5.74) is 5.45. The van der Waals surface area contributed by atoms with Crippen LogP contribution in [0.1, 0.15) is 13.8 Å². The second-order valence-electron chi connectivity index (χ2n) is 5.65. The third-order valence-electron chi connectivity index (χ3n) is 2.92. The number of carbonyl (C=O) groups excluding carboxylic acids is 1. The van der Waals surface area contributed by atoms with Crippen LogP contribution in [-0.4, -0.2) is 23.7 Å². The Labute approximate surface area is 134 Å².